The number of nitrogens with zero attached hydrogens (tertiary/aromatic N) is 3. The van der Waals surface area contributed by atoms with E-state index in [0.717, 1.165) is 5.82 Å². The first-order chi connectivity index (χ1) is 14.7. The molecule has 1 aromatic heterocycles. The minimum Gasteiger partial charge on any atom is -0.495 e. The molecule has 1 aliphatic heterocycles. The second-order valence-corrected chi connectivity index (χ2v) is 8.14. The Balaban J connectivity index is 1.51. The molecule has 2 aromatic rings. The quantitative estimate of drug-likeness (QED) is 0.771. The Kier molecular flexibility index (Phi) is 6.84. The van der Waals surface area contributed by atoms with E-state index in [2.05, 4.69) is 20.5 Å². The Morgan fingerprint density at radius 2 is 1.71 bits per heavy atom. The van der Waals surface area contributed by atoms with E-state index >= 15 is 0 Å². The Hall–Kier alpha value is -3.49. The third-order valence-electron chi connectivity index (χ3n) is 4.62. The van der Waals surface area contributed by atoms with E-state index in [1.165, 1.54) is 0 Å². The average Bonchev–Trinajstić information content (AvgIpc) is 2.73. The number of carbonyl (C=O) groups excluding carboxylic acids is 2. The van der Waals surface area contributed by atoms with Crippen molar-refractivity contribution in [3.05, 3.63) is 42.6 Å². The van der Waals surface area contributed by atoms with E-state index < -0.39 is 5.60 Å². The lowest BCUT2D eigenvalue weighted by atomic mass is 10.2. The Morgan fingerprint density at radius 3 is 2.32 bits per heavy atom. The molecule has 1 aromatic carbocycles. The molecule has 0 unspecified atom stereocenters. The van der Waals surface area contributed by atoms with E-state index in [4.69, 9.17) is 9.47 Å². The maximum atomic E-state index is 12.3. The van der Waals surface area contributed by atoms with Gasteiger partial charge in [0.25, 0.3) is 0 Å². The van der Waals surface area contributed by atoms with E-state index in [9.17, 15) is 9.59 Å². The second-order valence-electron chi connectivity index (χ2n) is 8.14. The van der Waals surface area contributed by atoms with Crippen LogP contribution in [0.25, 0.3) is 0 Å². The number of hydrogen-bond acceptors (Lipinski definition) is 6. The number of aromatic nitrogens is 1. The zero-order valence-corrected chi connectivity index (χ0v) is 18.3. The summed E-state index contributed by atoms with van der Waals surface area (Å²) in [6, 6.07) is 10.4. The first kappa shape index (κ1) is 22.2. The van der Waals surface area contributed by atoms with Crippen LogP contribution in [0.2, 0.25) is 0 Å². The molecule has 0 saturated carbocycles. The number of hydrogen-bond donors (Lipinski definition) is 2. The van der Waals surface area contributed by atoms with Crippen molar-refractivity contribution in [2.24, 2.45) is 0 Å². The zero-order chi connectivity index (χ0) is 22.4. The lowest BCUT2D eigenvalue weighted by Crippen LogP contribution is -2.50. The molecule has 0 atom stereocenters. The molecular weight excluding hydrogens is 398 g/mol. The molecule has 3 amide bonds. The third-order valence-corrected chi connectivity index (χ3v) is 4.62. The molecule has 2 N–H and O–H groups in total. The van der Waals surface area contributed by atoms with Gasteiger partial charge in [-0.15, -0.1) is 0 Å². The Bertz CT molecular complexity index is 903. The maximum Gasteiger partial charge on any atom is 0.410 e. The van der Waals surface area contributed by atoms with E-state index in [-0.39, 0.29) is 12.1 Å². The fourth-order valence-electron chi connectivity index (χ4n) is 3.12. The van der Waals surface area contributed by atoms with Gasteiger partial charge < -0.3 is 29.9 Å². The molecule has 31 heavy (non-hydrogen) atoms. The molecular formula is C22H29N5O4. The van der Waals surface area contributed by atoms with Crippen molar-refractivity contribution in [2.75, 3.05) is 48.8 Å². The average molecular weight is 428 g/mol. The SMILES string of the molecule is COc1ccccc1NC(=O)Nc1ccc(N2CCN(C(=O)OC(C)(C)C)CC2)nc1. The van der Waals surface area contributed by atoms with E-state index in [0.29, 0.717) is 43.3 Å². The number of benzene rings is 1. The molecule has 0 aliphatic carbocycles. The van der Waals surface area contributed by atoms with Crippen LogP contribution >= 0.6 is 0 Å². The molecule has 1 saturated heterocycles. The van der Waals surface area contributed by atoms with Gasteiger partial charge in [-0.05, 0) is 45.0 Å². The number of carbonyl (C=O) groups is 2. The van der Waals surface area contributed by atoms with Gasteiger partial charge in [0.1, 0.15) is 17.2 Å². The van der Waals surface area contributed by atoms with Crippen molar-refractivity contribution in [2.45, 2.75) is 26.4 Å². The Morgan fingerprint density at radius 1 is 1.00 bits per heavy atom. The normalized spacial score (nSPS) is 14.1. The van der Waals surface area contributed by atoms with Gasteiger partial charge >= 0.3 is 12.1 Å². The molecule has 166 valence electrons. The number of amides is 3. The summed E-state index contributed by atoms with van der Waals surface area (Å²) in [6.07, 6.45) is 1.32. The lowest BCUT2D eigenvalue weighted by Gasteiger charge is -2.36. The summed E-state index contributed by atoms with van der Waals surface area (Å²) in [7, 11) is 1.55. The monoisotopic (exact) mass is 427 g/mol. The van der Waals surface area contributed by atoms with Crippen LogP contribution < -0.4 is 20.3 Å². The first-order valence-electron chi connectivity index (χ1n) is 10.1. The number of piperazine rings is 1. The van der Waals surface area contributed by atoms with Crippen LogP contribution in [0.1, 0.15) is 20.8 Å². The topological polar surface area (TPSA) is 96.0 Å². The van der Waals surface area contributed by atoms with Gasteiger partial charge in [0.2, 0.25) is 0 Å². The number of pyridine rings is 1. The van der Waals surface area contributed by atoms with Gasteiger partial charge in [0.05, 0.1) is 24.7 Å². The minimum atomic E-state index is -0.503. The highest BCUT2D eigenvalue weighted by Gasteiger charge is 2.26. The maximum absolute atomic E-state index is 12.3. The van der Waals surface area contributed by atoms with Crippen LogP contribution in [-0.2, 0) is 4.74 Å². The Labute approximate surface area is 182 Å². The largest absolute Gasteiger partial charge is 0.495 e. The summed E-state index contributed by atoms with van der Waals surface area (Å²) in [6.45, 7) is 8.03. The zero-order valence-electron chi connectivity index (χ0n) is 18.3. The summed E-state index contributed by atoms with van der Waals surface area (Å²) in [5.74, 6) is 1.37. The predicted octanol–water partition coefficient (Wildman–Crippen LogP) is 3.79. The number of urea groups is 1. The van der Waals surface area contributed by atoms with Gasteiger partial charge in [-0.25, -0.2) is 14.6 Å². The minimum absolute atomic E-state index is 0.291. The van der Waals surface area contributed by atoms with E-state index in [1.807, 2.05) is 39.0 Å². The second kappa shape index (κ2) is 9.55. The number of methoxy groups -OCH3 is 1. The van der Waals surface area contributed by atoms with Gasteiger partial charge in [-0.3, -0.25) is 0 Å². The van der Waals surface area contributed by atoms with Gasteiger partial charge in [-0.2, -0.15) is 0 Å². The highest BCUT2D eigenvalue weighted by atomic mass is 16.6. The number of ether oxygens (including phenoxy) is 2. The standard InChI is InChI=1S/C22H29N5O4/c1-22(2,3)31-21(29)27-13-11-26(12-14-27)19-10-9-16(15-23-19)24-20(28)25-17-7-5-6-8-18(17)30-4/h5-10,15H,11-14H2,1-4H3,(H2,24,25,28). The van der Waals surface area contributed by atoms with Crippen LogP contribution in [0.15, 0.2) is 42.6 Å². The number of nitrogens with one attached hydrogen (secondary N) is 2. The molecule has 2 heterocycles. The summed E-state index contributed by atoms with van der Waals surface area (Å²) in [5.41, 5.74) is 0.648. The molecule has 3 rings (SSSR count). The van der Waals surface area contributed by atoms with Crippen molar-refractivity contribution in [3.8, 4) is 5.75 Å². The fraction of sp³-hybridized carbons (Fsp3) is 0.409. The van der Waals surface area contributed by atoms with E-state index in [1.54, 1.807) is 36.4 Å². The number of anilines is 3. The van der Waals surface area contributed by atoms with Crippen LogP contribution in [0.5, 0.6) is 5.75 Å². The van der Waals surface area contributed by atoms with Crippen molar-refractivity contribution >= 4 is 29.3 Å². The van der Waals surface area contributed by atoms with Crippen molar-refractivity contribution in [3.63, 3.8) is 0 Å². The summed E-state index contributed by atoms with van der Waals surface area (Å²) in [5, 5.41) is 5.52. The number of rotatable bonds is 4. The molecule has 0 radical (unpaired) electrons. The van der Waals surface area contributed by atoms with Gasteiger partial charge in [-0.1, -0.05) is 12.1 Å². The predicted molar refractivity (Wildman–Crippen MR) is 120 cm³/mol. The highest BCUT2D eigenvalue weighted by molar-refractivity contribution is 6.00. The first-order valence-corrected chi connectivity index (χ1v) is 10.1. The summed E-state index contributed by atoms with van der Waals surface area (Å²) >= 11 is 0. The van der Waals surface area contributed by atoms with Crippen molar-refractivity contribution < 1.29 is 19.1 Å². The lowest BCUT2D eigenvalue weighted by molar-refractivity contribution is 0.0240. The third kappa shape index (κ3) is 6.24. The van der Waals surface area contributed by atoms with Crippen LogP contribution in [0.3, 0.4) is 0 Å². The van der Waals surface area contributed by atoms with Gasteiger partial charge in [0.15, 0.2) is 0 Å². The van der Waals surface area contributed by atoms with Crippen molar-refractivity contribution in [1.82, 2.24) is 9.88 Å². The molecule has 0 spiro atoms. The van der Waals surface area contributed by atoms with Gasteiger partial charge in [0, 0.05) is 26.2 Å². The van der Waals surface area contributed by atoms with Crippen molar-refractivity contribution in [1.29, 1.82) is 0 Å². The highest BCUT2D eigenvalue weighted by Crippen LogP contribution is 2.23. The molecule has 9 heteroatoms. The van der Waals surface area contributed by atoms with Crippen LogP contribution in [-0.4, -0.2) is 60.9 Å². The summed E-state index contributed by atoms with van der Waals surface area (Å²) < 4.78 is 10.7. The molecule has 1 fully saturated rings. The molecule has 0 bridgehead atoms. The van der Waals surface area contributed by atoms with Crippen LogP contribution in [0.4, 0.5) is 26.8 Å². The van der Waals surface area contributed by atoms with Crippen LogP contribution in [0, 0.1) is 0 Å². The summed E-state index contributed by atoms with van der Waals surface area (Å²) in [4.78, 5) is 32.7. The number of para-hydroxylation sites is 2. The molecule has 9 nitrogen and oxygen atoms in total. The smallest absolute Gasteiger partial charge is 0.410 e. The molecule has 1 aliphatic rings. The fourth-order valence-corrected chi connectivity index (χ4v) is 3.12.